The molecular weight excluding hydrogens is 322 g/mol. The molecule has 0 amide bonds. The van der Waals surface area contributed by atoms with Crippen molar-refractivity contribution in [3.63, 3.8) is 0 Å². The number of halogens is 1. The molecule has 2 aromatic rings. The first-order chi connectivity index (χ1) is 9.78. The highest BCUT2D eigenvalue weighted by atomic mass is 79.9. The maximum Gasteiger partial charge on any atom is 0.164 e. The normalized spacial score (nSPS) is 10.6. The van der Waals surface area contributed by atoms with Crippen LogP contribution in [0.3, 0.4) is 0 Å². The Morgan fingerprint density at radius 2 is 2.20 bits per heavy atom. The van der Waals surface area contributed by atoms with Gasteiger partial charge in [0.2, 0.25) is 0 Å². The van der Waals surface area contributed by atoms with Gasteiger partial charge in [0.1, 0.15) is 24.4 Å². The van der Waals surface area contributed by atoms with Gasteiger partial charge in [0.15, 0.2) is 5.82 Å². The molecule has 2 rings (SSSR count). The first-order valence-corrected chi connectivity index (χ1v) is 7.63. The lowest BCUT2D eigenvalue weighted by Gasteiger charge is -2.12. The van der Waals surface area contributed by atoms with Gasteiger partial charge in [0, 0.05) is 23.5 Å². The van der Waals surface area contributed by atoms with Crippen LogP contribution in [0.2, 0.25) is 0 Å². The van der Waals surface area contributed by atoms with Gasteiger partial charge < -0.3 is 9.47 Å². The van der Waals surface area contributed by atoms with E-state index in [0.29, 0.717) is 6.61 Å². The van der Waals surface area contributed by atoms with Gasteiger partial charge in [-0.05, 0) is 12.5 Å². The van der Waals surface area contributed by atoms with Crippen molar-refractivity contribution < 1.29 is 9.47 Å². The van der Waals surface area contributed by atoms with Crippen LogP contribution in [0, 0.1) is 0 Å². The number of alkyl halides is 1. The number of aromatic nitrogens is 3. The molecule has 0 aliphatic heterocycles. The topological polar surface area (TPSA) is 49.2 Å². The molecule has 0 radical (unpaired) electrons. The molecule has 1 heterocycles. The minimum Gasteiger partial charge on any atom is -0.497 e. The predicted octanol–water partition coefficient (Wildman–Crippen LogP) is 3.17. The van der Waals surface area contributed by atoms with Crippen molar-refractivity contribution in [2.45, 2.75) is 31.8 Å². The zero-order chi connectivity index (χ0) is 14.4. The molecule has 0 aliphatic rings. The summed E-state index contributed by atoms with van der Waals surface area (Å²) >= 11 is 3.46. The molecule has 0 N–H and O–H groups in total. The summed E-state index contributed by atoms with van der Waals surface area (Å²) in [5.74, 6) is 2.40. The maximum atomic E-state index is 5.87. The summed E-state index contributed by atoms with van der Waals surface area (Å²) in [5, 5.41) is 4.92. The fraction of sp³-hybridized carbons (Fsp3) is 0.429. The van der Waals surface area contributed by atoms with E-state index < -0.39 is 0 Å². The molecule has 0 bridgehead atoms. The Morgan fingerprint density at radius 1 is 1.35 bits per heavy atom. The van der Waals surface area contributed by atoms with E-state index in [9.17, 15) is 0 Å². The Labute approximate surface area is 127 Å². The van der Waals surface area contributed by atoms with E-state index in [1.165, 1.54) is 0 Å². The monoisotopic (exact) mass is 339 g/mol. The number of rotatable bonds is 7. The third kappa shape index (κ3) is 3.50. The Hall–Kier alpha value is -1.56. The van der Waals surface area contributed by atoms with Gasteiger partial charge in [-0.25, -0.2) is 9.67 Å². The van der Waals surface area contributed by atoms with Gasteiger partial charge in [0.05, 0.1) is 7.11 Å². The molecule has 0 saturated carbocycles. The van der Waals surface area contributed by atoms with Crippen molar-refractivity contribution in [1.29, 1.82) is 0 Å². The van der Waals surface area contributed by atoms with Gasteiger partial charge in [-0.15, -0.1) is 0 Å². The molecule has 5 nitrogen and oxygen atoms in total. The second kappa shape index (κ2) is 7.28. The number of aryl methyl sites for hydroxylation is 1. The van der Waals surface area contributed by atoms with E-state index in [2.05, 4.69) is 32.9 Å². The number of nitrogens with zero attached hydrogens (tertiary/aromatic N) is 3. The lowest BCUT2D eigenvalue weighted by atomic mass is 10.2. The number of benzene rings is 1. The molecule has 1 aromatic heterocycles. The first-order valence-electron chi connectivity index (χ1n) is 6.50. The van der Waals surface area contributed by atoms with E-state index in [-0.39, 0.29) is 0 Å². The zero-order valence-corrected chi connectivity index (χ0v) is 13.3. The summed E-state index contributed by atoms with van der Waals surface area (Å²) in [6, 6.07) is 5.79. The lowest BCUT2D eigenvalue weighted by Crippen LogP contribution is -2.09. The van der Waals surface area contributed by atoms with Crippen LogP contribution in [-0.4, -0.2) is 21.9 Å². The Kier molecular flexibility index (Phi) is 5.40. The largest absolute Gasteiger partial charge is 0.497 e. The van der Waals surface area contributed by atoms with Crippen LogP contribution in [0.15, 0.2) is 24.5 Å². The molecule has 1 aromatic carbocycles. The molecule has 0 spiro atoms. The average molecular weight is 340 g/mol. The standard InChI is InChI=1S/C14H18BrN3O2/c1-3-6-18-14(16-10-17-18)9-20-13-7-12(19-2)5-4-11(13)8-15/h4-5,7,10H,3,6,8-9H2,1-2H3. The Bertz CT molecular complexity index is 557. The van der Waals surface area contributed by atoms with Crippen LogP contribution >= 0.6 is 15.9 Å². The van der Waals surface area contributed by atoms with E-state index in [0.717, 1.165) is 41.2 Å². The molecule has 0 fully saturated rings. The average Bonchev–Trinajstić information content (AvgIpc) is 2.92. The lowest BCUT2D eigenvalue weighted by molar-refractivity contribution is 0.282. The molecule has 108 valence electrons. The molecule has 0 saturated heterocycles. The molecule has 0 atom stereocenters. The van der Waals surface area contributed by atoms with Crippen LogP contribution in [0.5, 0.6) is 11.5 Å². The van der Waals surface area contributed by atoms with Gasteiger partial charge in [-0.1, -0.05) is 28.9 Å². The van der Waals surface area contributed by atoms with Crippen molar-refractivity contribution in [3.05, 3.63) is 35.9 Å². The highest BCUT2D eigenvalue weighted by Gasteiger charge is 2.08. The predicted molar refractivity (Wildman–Crippen MR) is 80.3 cm³/mol. The van der Waals surface area contributed by atoms with Gasteiger partial charge in [-0.3, -0.25) is 0 Å². The molecule has 0 unspecified atom stereocenters. The molecule has 20 heavy (non-hydrogen) atoms. The Balaban J connectivity index is 2.11. The van der Waals surface area contributed by atoms with Gasteiger partial charge >= 0.3 is 0 Å². The number of hydrogen-bond donors (Lipinski definition) is 0. The van der Waals surface area contributed by atoms with Crippen LogP contribution in [-0.2, 0) is 18.5 Å². The van der Waals surface area contributed by atoms with E-state index in [1.54, 1.807) is 13.4 Å². The van der Waals surface area contributed by atoms with Crippen LogP contribution < -0.4 is 9.47 Å². The smallest absolute Gasteiger partial charge is 0.164 e. The number of ether oxygens (including phenoxy) is 2. The highest BCUT2D eigenvalue weighted by Crippen LogP contribution is 2.27. The van der Waals surface area contributed by atoms with Crippen molar-refractivity contribution in [3.8, 4) is 11.5 Å². The molecule has 6 heteroatoms. The SMILES string of the molecule is CCCn1ncnc1COc1cc(OC)ccc1CBr. The quantitative estimate of drug-likeness (QED) is 0.727. The zero-order valence-electron chi connectivity index (χ0n) is 11.7. The second-order valence-electron chi connectivity index (χ2n) is 4.30. The summed E-state index contributed by atoms with van der Waals surface area (Å²) in [5.41, 5.74) is 1.08. The summed E-state index contributed by atoms with van der Waals surface area (Å²) in [6.45, 7) is 3.35. The third-order valence-electron chi connectivity index (χ3n) is 2.91. The van der Waals surface area contributed by atoms with Crippen molar-refractivity contribution in [2.24, 2.45) is 0 Å². The maximum absolute atomic E-state index is 5.87. The fourth-order valence-corrected chi connectivity index (χ4v) is 2.31. The van der Waals surface area contributed by atoms with E-state index >= 15 is 0 Å². The van der Waals surface area contributed by atoms with Crippen LogP contribution in [0.1, 0.15) is 24.7 Å². The van der Waals surface area contributed by atoms with E-state index in [4.69, 9.17) is 9.47 Å². The minimum atomic E-state index is 0.396. The fourth-order valence-electron chi connectivity index (χ4n) is 1.85. The highest BCUT2D eigenvalue weighted by molar-refractivity contribution is 9.08. The van der Waals surface area contributed by atoms with Crippen molar-refractivity contribution >= 4 is 15.9 Å². The summed E-state index contributed by atoms with van der Waals surface area (Å²) in [6.07, 6.45) is 2.58. The van der Waals surface area contributed by atoms with Gasteiger partial charge in [0.25, 0.3) is 0 Å². The van der Waals surface area contributed by atoms with Crippen LogP contribution in [0.4, 0.5) is 0 Å². The summed E-state index contributed by atoms with van der Waals surface area (Å²) in [7, 11) is 1.64. The molecule has 0 aliphatic carbocycles. The van der Waals surface area contributed by atoms with E-state index in [1.807, 2.05) is 22.9 Å². The van der Waals surface area contributed by atoms with Crippen molar-refractivity contribution in [1.82, 2.24) is 14.8 Å². The van der Waals surface area contributed by atoms with Crippen LogP contribution in [0.25, 0.3) is 0 Å². The number of hydrogen-bond acceptors (Lipinski definition) is 4. The van der Waals surface area contributed by atoms with Gasteiger partial charge in [-0.2, -0.15) is 5.10 Å². The summed E-state index contributed by atoms with van der Waals surface area (Å²) < 4.78 is 13.0. The second-order valence-corrected chi connectivity index (χ2v) is 4.86. The Morgan fingerprint density at radius 3 is 2.90 bits per heavy atom. The van der Waals surface area contributed by atoms with Crippen molar-refractivity contribution in [2.75, 3.05) is 7.11 Å². The number of methoxy groups -OCH3 is 1. The minimum absolute atomic E-state index is 0.396. The summed E-state index contributed by atoms with van der Waals surface area (Å²) in [4.78, 5) is 4.23. The third-order valence-corrected chi connectivity index (χ3v) is 3.51. The first kappa shape index (κ1) is 14.8. The molecular formula is C14H18BrN3O2.